The van der Waals surface area contributed by atoms with Crippen LogP contribution in [0.5, 0.6) is 5.75 Å². The summed E-state index contributed by atoms with van der Waals surface area (Å²) in [5.41, 5.74) is 0.894. The Bertz CT molecular complexity index is 796. The number of halogens is 2. The lowest BCUT2D eigenvalue weighted by molar-refractivity contribution is -0.0498. The molecule has 0 aliphatic rings. The van der Waals surface area contributed by atoms with Crippen LogP contribution in [0, 0.1) is 0 Å². The summed E-state index contributed by atoms with van der Waals surface area (Å²) in [5, 5.41) is 2.91. The number of benzene rings is 2. The number of hydrogen-bond donors (Lipinski definition) is 0. The first kappa shape index (κ1) is 13.7. The topological polar surface area (TPSA) is 26.3 Å². The maximum atomic E-state index is 12.6. The number of ether oxygens (including phenoxy) is 1. The van der Waals surface area contributed by atoms with Crippen LogP contribution in [-0.2, 0) is 0 Å². The zero-order valence-corrected chi connectivity index (χ0v) is 11.6. The maximum Gasteiger partial charge on any atom is 0.387 e. The predicted octanol–water partition coefficient (Wildman–Crippen LogP) is 4.73. The number of hydrogen-bond acceptors (Lipinski definition) is 3. The number of rotatable bonds is 4. The zero-order chi connectivity index (χ0) is 14.8. The second-order valence-electron chi connectivity index (χ2n) is 4.38. The van der Waals surface area contributed by atoms with Gasteiger partial charge in [0.05, 0.1) is 0 Å². The average Bonchev–Trinajstić information content (AvgIpc) is 2.94. The molecule has 0 fully saturated rings. The van der Waals surface area contributed by atoms with Crippen LogP contribution < -0.4 is 4.74 Å². The molecule has 3 aromatic rings. The molecule has 0 aliphatic carbocycles. The first-order valence-electron chi connectivity index (χ1n) is 6.21. The quantitative estimate of drug-likeness (QED) is 0.651. The van der Waals surface area contributed by atoms with Gasteiger partial charge in [-0.3, -0.25) is 4.79 Å². The van der Waals surface area contributed by atoms with Gasteiger partial charge in [0, 0.05) is 15.8 Å². The third-order valence-corrected chi connectivity index (χ3v) is 4.01. The summed E-state index contributed by atoms with van der Waals surface area (Å²) in [6.45, 7) is -2.91. The molecular weight excluding hydrogens is 294 g/mol. The first-order valence-corrected chi connectivity index (χ1v) is 7.09. The zero-order valence-electron chi connectivity index (χ0n) is 10.8. The van der Waals surface area contributed by atoms with E-state index in [2.05, 4.69) is 4.74 Å². The van der Waals surface area contributed by atoms with Crippen LogP contribution in [0.15, 0.2) is 53.9 Å². The Kier molecular flexibility index (Phi) is 3.66. The van der Waals surface area contributed by atoms with E-state index in [1.807, 2.05) is 23.6 Å². The van der Waals surface area contributed by atoms with Crippen molar-refractivity contribution < 1.29 is 18.3 Å². The van der Waals surface area contributed by atoms with Crippen molar-refractivity contribution in [2.45, 2.75) is 6.61 Å². The molecule has 0 spiro atoms. The highest BCUT2D eigenvalue weighted by Gasteiger charge is 2.14. The van der Waals surface area contributed by atoms with Crippen molar-refractivity contribution in [3.05, 3.63) is 65.0 Å². The largest absolute Gasteiger partial charge is 0.435 e. The van der Waals surface area contributed by atoms with E-state index in [-0.39, 0.29) is 11.5 Å². The van der Waals surface area contributed by atoms with Crippen molar-refractivity contribution in [3.63, 3.8) is 0 Å². The van der Waals surface area contributed by atoms with Gasteiger partial charge < -0.3 is 4.74 Å². The summed E-state index contributed by atoms with van der Waals surface area (Å²) < 4.78 is 29.7. The number of thiophene rings is 1. The van der Waals surface area contributed by atoms with Crippen LogP contribution in [0.2, 0.25) is 0 Å². The average molecular weight is 304 g/mol. The lowest BCUT2D eigenvalue weighted by Gasteiger charge is -2.07. The van der Waals surface area contributed by atoms with Crippen molar-refractivity contribution in [1.82, 2.24) is 0 Å². The van der Waals surface area contributed by atoms with Gasteiger partial charge in [-0.05, 0) is 35.0 Å². The number of fused-ring (bicyclic) bond motifs is 1. The van der Waals surface area contributed by atoms with Gasteiger partial charge in [0.15, 0.2) is 5.78 Å². The smallest absolute Gasteiger partial charge is 0.387 e. The van der Waals surface area contributed by atoms with Crippen molar-refractivity contribution in [1.29, 1.82) is 0 Å². The van der Waals surface area contributed by atoms with Gasteiger partial charge in [-0.2, -0.15) is 8.78 Å². The molecule has 5 heteroatoms. The van der Waals surface area contributed by atoms with E-state index in [1.54, 1.807) is 12.1 Å². The minimum Gasteiger partial charge on any atom is -0.435 e. The van der Waals surface area contributed by atoms with E-state index < -0.39 is 6.61 Å². The van der Waals surface area contributed by atoms with Crippen molar-refractivity contribution in [2.75, 3.05) is 0 Å². The number of carbonyl (C=O) groups excluding carboxylic acids is 1. The minimum absolute atomic E-state index is 0.0193. The normalized spacial score (nSPS) is 11.0. The highest BCUT2D eigenvalue weighted by Crippen LogP contribution is 2.27. The van der Waals surface area contributed by atoms with Gasteiger partial charge in [0.25, 0.3) is 0 Å². The van der Waals surface area contributed by atoms with E-state index in [0.717, 1.165) is 10.1 Å². The molecule has 0 bridgehead atoms. The fourth-order valence-corrected chi connectivity index (χ4v) is 3.05. The van der Waals surface area contributed by atoms with Gasteiger partial charge in [0.2, 0.25) is 0 Å². The summed E-state index contributed by atoms with van der Waals surface area (Å²) in [7, 11) is 0. The fourth-order valence-electron chi connectivity index (χ4n) is 2.14. The standard InChI is InChI=1S/C16H10F2O2S/c17-16(18)20-12-5-1-4-11(9-12)14(19)13-6-2-3-10-7-8-21-15(10)13/h1-9,16H. The van der Waals surface area contributed by atoms with E-state index in [4.69, 9.17) is 0 Å². The Labute approximate surface area is 123 Å². The van der Waals surface area contributed by atoms with Gasteiger partial charge in [-0.25, -0.2) is 0 Å². The maximum absolute atomic E-state index is 12.6. The Balaban J connectivity index is 2.00. The van der Waals surface area contributed by atoms with Crippen LogP contribution >= 0.6 is 11.3 Å². The van der Waals surface area contributed by atoms with Gasteiger partial charge in [-0.15, -0.1) is 11.3 Å². The predicted molar refractivity (Wildman–Crippen MR) is 78.3 cm³/mol. The molecule has 0 saturated carbocycles. The summed E-state index contributed by atoms with van der Waals surface area (Å²) >= 11 is 1.48. The van der Waals surface area contributed by atoms with E-state index in [1.165, 1.54) is 29.5 Å². The molecule has 2 nitrogen and oxygen atoms in total. The first-order chi connectivity index (χ1) is 10.1. The van der Waals surface area contributed by atoms with E-state index in [0.29, 0.717) is 11.1 Å². The molecule has 0 radical (unpaired) electrons. The molecule has 3 rings (SSSR count). The second-order valence-corrected chi connectivity index (χ2v) is 5.30. The Morgan fingerprint density at radius 2 is 1.90 bits per heavy atom. The highest BCUT2D eigenvalue weighted by molar-refractivity contribution is 7.17. The SMILES string of the molecule is O=C(c1cccc(OC(F)F)c1)c1cccc2ccsc12. The molecule has 0 aliphatic heterocycles. The van der Waals surface area contributed by atoms with Crippen molar-refractivity contribution >= 4 is 27.2 Å². The lowest BCUT2D eigenvalue weighted by atomic mass is 10.0. The molecule has 0 unspecified atom stereocenters. The van der Waals surface area contributed by atoms with E-state index >= 15 is 0 Å². The summed E-state index contributed by atoms with van der Waals surface area (Å²) in [6.07, 6.45) is 0. The Morgan fingerprint density at radius 1 is 1.10 bits per heavy atom. The molecule has 2 aromatic carbocycles. The van der Waals surface area contributed by atoms with Gasteiger partial charge in [0.1, 0.15) is 5.75 Å². The highest BCUT2D eigenvalue weighted by atomic mass is 32.1. The number of alkyl halides is 2. The van der Waals surface area contributed by atoms with Crippen molar-refractivity contribution in [3.8, 4) is 5.75 Å². The van der Waals surface area contributed by atoms with Crippen LogP contribution in [0.3, 0.4) is 0 Å². The Morgan fingerprint density at radius 3 is 2.71 bits per heavy atom. The monoisotopic (exact) mass is 304 g/mol. The fraction of sp³-hybridized carbons (Fsp3) is 0.0625. The van der Waals surface area contributed by atoms with Gasteiger partial charge in [-0.1, -0.05) is 24.3 Å². The van der Waals surface area contributed by atoms with Gasteiger partial charge >= 0.3 is 6.61 Å². The molecule has 0 amide bonds. The van der Waals surface area contributed by atoms with Crippen LogP contribution in [-0.4, -0.2) is 12.4 Å². The molecular formula is C16H10F2O2S. The van der Waals surface area contributed by atoms with Crippen LogP contribution in [0.4, 0.5) is 8.78 Å². The molecule has 1 heterocycles. The summed E-state index contributed by atoms with van der Waals surface area (Å²) in [5.74, 6) is -0.225. The Hall–Kier alpha value is -2.27. The number of ketones is 1. The summed E-state index contributed by atoms with van der Waals surface area (Å²) in [4.78, 5) is 12.6. The molecule has 0 atom stereocenters. The summed E-state index contributed by atoms with van der Waals surface area (Å²) in [6, 6.07) is 13.3. The molecule has 1 aromatic heterocycles. The minimum atomic E-state index is -2.91. The van der Waals surface area contributed by atoms with E-state index in [9.17, 15) is 13.6 Å². The number of carbonyl (C=O) groups is 1. The van der Waals surface area contributed by atoms with Crippen molar-refractivity contribution in [2.24, 2.45) is 0 Å². The van der Waals surface area contributed by atoms with Crippen LogP contribution in [0.1, 0.15) is 15.9 Å². The van der Waals surface area contributed by atoms with Crippen LogP contribution in [0.25, 0.3) is 10.1 Å². The molecule has 0 N–H and O–H groups in total. The second kappa shape index (κ2) is 5.61. The molecule has 106 valence electrons. The lowest BCUT2D eigenvalue weighted by Crippen LogP contribution is -2.05. The third kappa shape index (κ3) is 2.78. The molecule has 21 heavy (non-hydrogen) atoms. The molecule has 0 saturated heterocycles. The third-order valence-electron chi connectivity index (χ3n) is 3.05.